The van der Waals surface area contributed by atoms with Gasteiger partial charge in [0.1, 0.15) is 5.75 Å². The van der Waals surface area contributed by atoms with Crippen molar-refractivity contribution in [1.29, 1.82) is 0 Å². The van der Waals surface area contributed by atoms with Crippen molar-refractivity contribution in [2.45, 2.75) is 19.3 Å². The summed E-state index contributed by atoms with van der Waals surface area (Å²) in [5.74, 6) is 1.13. The number of aromatic nitrogens is 2. The van der Waals surface area contributed by atoms with E-state index in [1.807, 2.05) is 42.2 Å². The molecule has 1 N–H and O–H groups in total. The maximum absolute atomic E-state index is 9.56. The van der Waals surface area contributed by atoms with Gasteiger partial charge in [-0.05, 0) is 48.9 Å². The van der Waals surface area contributed by atoms with E-state index < -0.39 is 0 Å². The Morgan fingerprint density at radius 3 is 2.85 bits per heavy atom. The van der Waals surface area contributed by atoms with Crippen molar-refractivity contribution in [3.8, 4) is 5.75 Å². The monoisotopic (exact) mass is 274 g/mol. The van der Waals surface area contributed by atoms with E-state index in [9.17, 15) is 5.11 Å². The largest absolute Gasteiger partial charge is 0.497 e. The highest BCUT2D eigenvalue weighted by Gasteiger charge is 2.11. The average Bonchev–Trinajstić information content (AvgIpc) is 2.89. The highest BCUT2D eigenvalue weighted by molar-refractivity contribution is 5.28. The summed E-state index contributed by atoms with van der Waals surface area (Å²) < 4.78 is 7.12. The minimum Gasteiger partial charge on any atom is -0.497 e. The first-order chi connectivity index (χ1) is 9.72. The molecule has 0 aliphatic heterocycles. The molecule has 1 aromatic heterocycles. The number of hydrogen-bond acceptors (Lipinski definition) is 3. The standard InChI is InChI=1S/C16H22N2O2/c1-18-15(8-9-17-18)7-6-14(12-19)10-13-4-3-5-16(11-13)20-2/h3-5,8-9,11,14,19H,6-7,10,12H2,1-2H3. The lowest BCUT2D eigenvalue weighted by Crippen LogP contribution is -2.12. The van der Waals surface area contributed by atoms with Crippen molar-refractivity contribution >= 4 is 0 Å². The molecule has 2 aromatic rings. The van der Waals surface area contributed by atoms with E-state index in [-0.39, 0.29) is 12.5 Å². The summed E-state index contributed by atoms with van der Waals surface area (Å²) in [6.07, 6.45) is 4.57. The fraction of sp³-hybridized carbons (Fsp3) is 0.438. The summed E-state index contributed by atoms with van der Waals surface area (Å²) in [5, 5.41) is 13.7. The minimum atomic E-state index is 0.203. The number of nitrogens with zero attached hydrogens (tertiary/aromatic N) is 2. The normalized spacial score (nSPS) is 12.3. The first-order valence-corrected chi connectivity index (χ1v) is 6.93. The van der Waals surface area contributed by atoms with Crippen LogP contribution in [0.4, 0.5) is 0 Å². The Hall–Kier alpha value is -1.81. The van der Waals surface area contributed by atoms with Gasteiger partial charge in [-0.3, -0.25) is 4.68 Å². The third-order valence-electron chi connectivity index (χ3n) is 3.65. The molecule has 0 aliphatic rings. The van der Waals surface area contributed by atoms with Crippen molar-refractivity contribution in [2.24, 2.45) is 13.0 Å². The van der Waals surface area contributed by atoms with Crippen LogP contribution in [0.25, 0.3) is 0 Å². The second kappa shape index (κ2) is 7.10. The summed E-state index contributed by atoms with van der Waals surface area (Å²) in [5.41, 5.74) is 2.41. The summed E-state index contributed by atoms with van der Waals surface area (Å²) in [7, 11) is 3.62. The molecule has 0 spiro atoms. The smallest absolute Gasteiger partial charge is 0.119 e. The predicted molar refractivity (Wildman–Crippen MR) is 78.8 cm³/mol. The first-order valence-electron chi connectivity index (χ1n) is 6.93. The van der Waals surface area contributed by atoms with Crippen molar-refractivity contribution in [3.05, 3.63) is 47.8 Å². The second-order valence-corrected chi connectivity index (χ2v) is 5.09. The number of aryl methyl sites for hydroxylation is 2. The maximum Gasteiger partial charge on any atom is 0.119 e. The zero-order chi connectivity index (χ0) is 14.4. The van der Waals surface area contributed by atoms with Crippen LogP contribution < -0.4 is 4.74 Å². The molecule has 0 radical (unpaired) electrons. The van der Waals surface area contributed by atoms with E-state index >= 15 is 0 Å². The van der Waals surface area contributed by atoms with E-state index in [0.29, 0.717) is 0 Å². The van der Waals surface area contributed by atoms with Gasteiger partial charge >= 0.3 is 0 Å². The lowest BCUT2D eigenvalue weighted by atomic mass is 9.94. The Kier molecular flexibility index (Phi) is 5.18. The van der Waals surface area contributed by atoms with Crippen LogP contribution in [0, 0.1) is 5.92 Å². The Balaban J connectivity index is 1.93. The summed E-state index contributed by atoms with van der Waals surface area (Å²) >= 11 is 0. The number of aliphatic hydroxyl groups excluding tert-OH is 1. The van der Waals surface area contributed by atoms with Crippen LogP contribution in [-0.2, 0) is 19.9 Å². The van der Waals surface area contributed by atoms with Crippen molar-refractivity contribution in [3.63, 3.8) is 0 Å². The molecule has 0 saturated heterocycles. The van der Waals surface area contributed by atoms with Gasteiger partial charge in [0.2, 0.25) is 0 Å². The lowest BCUT2D eigenvalue weighted by Gasteiger charge is -2.14. The van der Waals surface area contributed by atoms with Crippen LogP contribution in [-0.4, -0.2) is 28.6 Å². The van der Waals surface area contributed by atoms with Gasteiger partial charge < -0.3 is 9.84 Å². The summed E-state index contributed by atoms with van der Waals surface area (Å²) in [6, 6.07) is 10.1. The quantitative estimate of drug-likeness (QED) is 0.842. The molecule has 0 bridgehead atoms. The Morgan fingerprint density at radius 1 is 1.35 bits per heavy atom. The fourth-order valence-electron chi connectivity index (χ4n) is 2.39. The number of benzene rings is 1. The van der Waals surface area contributed by atoms with Crippen LogP contribution in [0.5, 0.6) is 5.75 Å². The molecular formula is C16H22N2O2. The van der Waals surface area contributed by atoms with Crippen LogP contribution in [0.15, 0.2) is 36.5 Å². The summed E-state index contributed by atoms with van der Waals surface area (Å²) in [6.45, 7) is 0.203. The minimum absolute atomic E-state index is 0.203. The molecular weight excluding hydrogens is 252 g/mol. The predicted octanol–water partition coefficient (Wildman–Crippen LogP) is 2.21. The topological polar surface area (TPSA) is 47.3 Å². The summed E-state index contributed by atoms with van der Waals surface area (Å²) in [4.78, 5) is 0. The Morgan fingerprint density at radius 2 is 2.20 bits per heavy atom. The molecule has 0 aliphatic carbocycles. The van der Waals surface area contributed by atoms with Gasteiger partial charge in [0, 0.05) is 25.5 Å². The number of ether oxygens (including phenoxy) is 1. The molecule has 1 atom stereocenters. The van der Waals surface area contributed by atoms with Crippen LogP contribution in [0.3, 0.4) is 0 Å². The van der Waals surface area contributed by atoms with Gasteiger partial charge in [-0.15, -0.1) is 0 Å². The van der Waals surface area contributed by atoms with Crippen LogP contribution >= 0.6 is 0 Å². The first kappa shape index (κ1) is 14.6. The van der Waals surface area contributed by atoms with Gasteiger partial charge in [0.15, 0.2) is 0 Å². The van der Waals surface area contributed by atoms with E-state index in [2.05, 4.69) is 11.2 Å². The van der Waals surface area contributed by atoms with Gasteiger partial charge in [-0.2, -0.15) is 5.10 Å². The molecule has 0 fully saturated rings. The molecule has 2 rings (SSSR count). The molecule has 0 amide bonds. The second-order valence-electron chi connectivity index (χ2n) is 5.09. The van der Waals surface area contributed by atoms with E-state index in [4.69, 9.17) is 4.74 Å². The van der Waals surface area contributed by atoms with E-state index in [1.165, 1.54) is 11.3 Å². The molecule has 4 nitrogen and oxygen atoms in total. The molecule has 4 heteroatoms. The maximum atomic E-state index is 9.56. The van der Waals surface area contributed by atoms with Crippen molar-refractivity contribution < 1.29 is 9.84 Å². The fourth-order valence-corrected chi connectivity index (χ4v) is 2.39. The molecule has 1 heterocycles. The van der Waals surface area contributed by atoms with Crippen molar-refractivity contribution in [2.75, 3.05) is 13.7 Å². The van der Waals surface area contributed by atoms with Gasteiger partial charge in [0.05, 0.1) is 7.11 Å². The zero-order valence-electron chi connectivity index (χ0n) is 12.1. The molecule has 20 heavy (non-hydrogen) atoms. The van der Waals surface area contributed by atoms with E-state index in [1.54, 1.807) is 7.11 Å². The Bertz CT molecular complexity index is 537. The third kappa shape index (κ3) is 3.84. The lowest BCUT2D eigenvalue weighted by molar-refractivity contribution is 0.217. The zero-order valence-corrected chi connectivity index (χ0v) is 12.1. The molecule has 1 unspecified atom stereocenters. The van der Waals surface area contributed by atoms with Gasteiger partial charge in [0.25, 0.3) is 0 Å². The highest BCUT2D eigenvalue weighted by Crippen LogP contribution is 2.19. The van der Waals surface area contributed by atoms with Gasteiger partial charge in [-0.25, -0.2) is 0 Å². The van der Waals surface area contributed by atoms with Crippen LogP contribution in [0.1, 0.15) is 17.7 Å². The van der Waals surface area contributed by atoms with Gasteiger partial charge in [-0.1, -0.05) is 12.1 Å². The third-order valence-corrected chi connectivity index (χ3v) is 3.65. The number of aliphatic hydroxyl groups is 1. The highest BCUT2D eigenvalue weighted by atomic mass is 16.5. The molecule has 0 saturated carbocycles. The van der Waals surface area contributed by atoms with Crippen LogP contribution in [0.2, 0.25) is 0 Å². The molecule has 108 valence electrons. The number of rotatable bonds is 7. The van der Waals surface area contributed by atoms with Crippen molar-refractivity contribution in [1.82, 2.24) is 9.78 Å². The number of methoxy groups -OCH3 is 1. The molecule has 1 aromatic carbocycles. The van der Waals surface area contributed by atoms with E-state index in [0.717, 1.165) is 25.0 Å². The average molecular weight is 274 g/mol. The Labute approximate surface area is 120 Å². The SMILES string of the molecule is COc1cccc(CC(CO)CCc2ccnn2C)c1. The number of hydrogen-bond donors (Lipinski definition) is 1.